The highest BCUT2D eigenvalue weighted by atomic mass is 19.1. The normalized spacial score (nSPS) is 12.2. The Labute approximate surface area is 108 Å². The van der Waals surface area contributed by atoms with Crippen LogP contribution < -0.4 is 5.32 Å². The molecule has 0 amide bonds. The van der Waals surface area contributed by atoms with Gasteiger partial charge in [0.05, 0.1) is 0 Å². The molecule has 3 heteroatoms. The van der Waals surface area contributed by atoms with E-state index in [1.807, 2.05) is 13.0 Å². The Balaban J connectivity index is 2.53. The molecule has 0 atom stereocenters. The molecule has 1 aromatic carbocycles. The molecule has 0 spiro atoms. The van der Waals surface area contributed by atoms with Gasteiger partial charge in [-0.1, -0.05) is 31.6 Å². The lowest BCUT2D eigenvalue weighted by Crippen LogP contribution is -2.23. The Morgan fingerprint density at radius 3 is 2.44 bits per heavy atom. The highest BCUT2D eigenvalue weighted by Gasteiger charge is 2.08. The first-order valence-corrected chi connectivity index (χ1v) is 6.32. The summed E-state index contributed by atoms with van der Waals surface area (Å²) >= 11 is 0. The van der Waals surface area contributed by atoms with Gasteiger partial charge in [0, 0.05) is 11.6 Å². The minimum Gasteiger partial charge on any atom is -0.314 e. The number of hydrogen-bond acceptors (Lipinski definition) is 1. The van der Waals surface area contributed by atoms with E-state index < -0.39 is 11.6 Å². The summed E-state index contributed by atoms with van der Waals surface area (Å²) in [6, 6.07) is 4.44. The monoisotopic (exact) mass is 253 g/mol. The van der Waals surface area contributed by atoms with Gasteiger partial charge >= 0.3 is 0 Å². The van der Waals surface area contributed by atoms with Gasteiger partial charge in [-0.25, -0.2) is 8.78 Å². The first-order chi connectivity index (χ1) is 8.50. The topological polar surface area (TPSA) is 12.0 Å². The molecule has 0 heterocycles. The van der Waals surface area contributed by atoms with E-state index in [4.69, 9.17) is 0 Å². The molecule has 1 N–H and O–H groups in total. The molecule has 0 aliphatic heterocycles. The minimum atomic E-state index is -0.469. The summed E-state index contributed by atoms with van der Waals surface area (Å²) in [6.07, 6.45) is 3.24. The predicted molar refractivity (Wildman–Crippen MR) is 71.6 cm³/mol. The average Bonchev–Trinajstić information content (AvgIpc) is 2.29. The van der Waals surface area contributed by atoms with Gasteiger partial charge in [0.15, 0.2) is 0 Å². The van der Waals surface area contributed by atoms with Crippen LogP contribution in [0.5, 0.6) is 0 Å². The zero-order chi connectivity index (χ0) is 13.5. The predicted octanol–water partition coefficient (Wildman–Crippen LogP) is 3.84. The van der Waals surface area contributed by atoms with Crippen LogP contribution >= 0.6 is 0 Å². The van der Waals surface area contributed by atoms with Crippen molar-refractivity contribution in [2.75, 3.05) is 6.54 Å². The molecule has 0 aromatic heterocycles. The van der Waals surface area contributed by atoms with Crippen molar-refractivity contribution in [3.8, 4) is 0 Å². The highest BCUT2D eigenvalue weighted by molar-refractivity contribution is 5.24. The van der Waals surface area contributed by atoms with E-state index in [1.54, 1.807) is 0 Å². The van der Waals surface area contributed by atoms with Crippen molar-refractivity contribution in [1.29, 1.82) is 0 Å². The summed E-state index contributed by atoms with van der Waals surface area (Å²) in [7, 11) is 0. The molecule has 18 heavy (non-hydrogen) atoms. The Hall–Kier alpha value is -1.22. The smallest absolute Gasteiger partial charge is 0.129 e. The average molecular weight is 253 g/mol. The quantitative estimate of drug-likeness (QED) is 0.600. The van der Waals surface area contributed by atoms with Gasteiger partial charge in [-0.3, -0.25) is 0 Å². The van der Waals surface area contributed by atoms with E-state index in [-0.39, 0.29) is 5.56 Å². The molecular weight excluding hydrogens is 232 g/mol. The largest absolute Gasteiger partial charge is 0.314 e. The second-order valence-corrected chi connectivity index (χ2v) is 4.82. The molecule has 0 radical (unpaired) electrons. The van der Waals surface area contributed by atoms with Crippen LogP contribution in [0.3, 0.4) is 0 Å². The maximum atomic E-state index is 13.4. The first kappa shape index (κ1) is 14.8. The lowest BCUT2D eigenvalue weighted by atomic mass is 10.0. The molecule has 0 saturated carbocycles. The number of allylic oxidation sites excluding steroid dienone is 1. The lowest BCUT2D eigenvalue weighted by Gasteiger charge is -2.07. The minimum absolute atomic E-state index is 0.156. The van der Waals surface area contributed by atoms with Crippen molar-refractivity contribution < 1.29 is 8.78 Å². The Bertz CT molecular complexity index is 391. The van der Waals surface area contributed by atoms with Gasteiger partial charge in [0.2, 0.25) is 0 Å². The number of nitrogens with one attached hydrogen (secondary N) is 1. The number of halogens is 2. The van der Waals surface area contributed by atoms with E-state index >= 15 is 0 Å². The fourth-order valence-electron chi connectivity index (χ4n) is 1.74. The third-order valence-electron chi connectivity index (χ3n) is 2.71. The molecule has 0 aliphatic rings. The third kappa shape index (κ3) is 4.96. The lowest BCUT2D eigenvalue weighted by molar-refractivity contribution is 0.560. The fraction of sp³-hybridized carbons (Fsp3) is 0.467. The summed E-state index contributed by atoms with van der Waals surface area (Å²) in [5, 5.41) is 3.29. The van der Waals surface area contributed by atoms with Crippen molar-refractivity contribution in [2.45, 2.75) is 39.7 Å². The van der Waals surface area contributed by atoms with E-state index in [0.29, 0.717) is 12.5 Å². The number of hydrogen-bond donors (Lipinski definition) is 1. The van der Waals surface area contributed by atoms with E-state index in [2.05, 4.69) is 19.2 Å². The molecule has 1 aromatic rings. The zero-order valence-electron chi connectivity index (χ0n) is 11.3. The third-order valence-corrected chi connectivity index (χ3v) is 2.71. The van der Waals surface area contributed by atoms with Gasteiger partial charge in [0.25, 0.3) is 0 Å². The Morgan fingerprint density at radius 1 is 1.28 bits per heavy atom. The van der Waals surface area contributed by atoms with Gasteiger partial charge in [0.1, 0.15) is 11.6 Å². The van der Waals surface area contributed by atoms with E-state index in [1.165, 1.54) is 18.2 Å². The second kappa shape index (κ2) is 7.27. The van der Waals surface area contributed by atoms with Crippen molar-refractivity contribution in [2.24, 2.45) is 0 Å². The summed E-state index contributed by atoms with van der Waals surface area (Å²) in [5.41, 5.74) is 1.15. The molecule has 0 aliphatic carbocycles. The van der Waals surface area contributed by atoms with Crippen LogP contribution in [0.1, 0.15) is 32.8 Å². The molecule has 100 valence electrons. The van der Waals surface area contributed by atoms with Gasteiger partial charge in [-0.05, 0) is 38.4 Å². The second-order valence-electron chi connectivity index (χ2n) is 4.82. The SMILES string of the molecule is C/C(=C/CCNC(C)C)Cc1c(F)cccc1F. The van der Waals surface area contributed by atoms with Crippen LogP contribution in [0.4, 0.5) is 8.78 Å². The van der Waals surface area contributed by atoms with Crippen molar-refractivity contribution in [3.05, 3.63) is 47.0 Å². The molecule has 1 rings (SSSR count). The fourth-order valence-corrected chi connectivity index (χ4v) is 1.74. The molecule has 0 unspecified atom stereocenters. The Kier molecular flexibility index (Phi) is 5.99. The van der Waals surface area contributed by atoms with Crippen LogP contribution in [0.15, 0.2) is 29.8 Å². The van der Waals surface area contributed by atoms with Gasteiger partial charge in [-0.2, -0.15) is 0 Å². The zero-order valence-corrected chi connectivity index (χ0v) is 11.3. The van der Waals surface area contributed by atoms with Gasteiger partial charge < -0.3 is 5.32 Å². The van der Waals surface area contributed by atoms with Crippen LogP contribution in [-0.4, -0.2) is 12.6 Å². The molecule has 0 saturated heterocycles. The summed E-state index contributed by atoms with van der Waals surface area (Å²) in [4.78, 5) is 0. The first-order valence-electron chi connectivity index (χ1n) is 6.32. The molecule has 1 nitrogen and oxygen atoms in total. The number of rotatable bonds is 6. The van der Waals surface area contributed by atoms with Crippen LogP contribution in [-0.2, 0) is 6.42 Å². The standard InChI is InChI=1S/C15H21F2N/c1-11(2)18-9-5-6-12(3)10-13-14(16)7-4-8-15(13)17/h4,6-8,11,18H,5,9-10H2,1-3H3/b12-6-. The van der Waals surface area contributed by atoms with Crippen LogP contribution in [0.25, 0.3) is 0 Å². The molecular formula is C15H21F2N. The summed E-state index contributed by atoms with van der Waals surface area (Å²) in [5.74, 6) is -0.939. The van der Waals surface area contributed by atoms with Crippen molar-refractivity contribution in [3.63, 3.8) is 0 Å². The Morgan fingerprint density at radius 2 is 1.89 bits per heavy atom. The van der Waals surface area contributed by atoms with Gasteiger partial charge in [-0.15, -0.1) is 0 Å². The van der Waals surface area contributed by atoms with E-state index in [9.17, 15) is 8.78 Å². The maximum absolute atomic E-state index is 13.4. The molecule has 0 fully saturated rings. The maximum Gasteiger partial charge on any atom is 0.129 e. The van der Waals surface area contributed by atoms with Crippen molar-refractivity contribution in [1.82, 2.24) is 5.32 Å². The summed E-state index contributed by atoms with van der Waals surface area (Å²) in [6.45, 7) is 6.96. The van der Waals surface area contributed by atoms with Crippen molar-refractivity contribution >= 4 is 0 Å². The van der Waals surface area contributed by atoms with E-state index in [0.717, 1.165) is 18.5 Å². The van der Waals surface area contributed by atoms with Crippen LogP contribution in [0.2, 0.25) is 0 Å². The number of benzene rings is 1. The summed E-state index contributed by atoms with van der Waals surface area (Å²) < 4.78 is 26.9. The van der Waals surface area contributed by atoms with Crippen LogP contribution in [0, 0.1) is 11.6 Å². The molecule has 0 bridgehead atoms. The highest BCUT2D eigenvalue weighted by Crippen LogP contribution is 2.16.